The number of nitrogens with zero attached hydrogens (tertiary/aromatic N) is 1. The van der Waals surface area contributed by atoms with Gasteiger partial charge in [-0.15, -0.1) is 0 Å². The third-order valence-electron chi connectivity index (χ3n) is 5.73. The van der Waals surface area contributed by atoms with Crippen LogP contribution in [0.15, 0.2) is 66.7 Å². The molecule has 6 heteroatoms. The van der Waals surface area contributed by atoms with Crippen molar-refractivity contribution in [2.24, 2.45) is 0 Å². The second-order valence-corrected chi connectivity index (χ2v) is 7.74. The van der Waals surface area contributed by atoms with E-state index >= 15 is 0 Å². The van der Waals surface area contributed by atoms with Crippen molar-refractivity contribution in [1.82, 2.24) is 0 Å². The molecule has 32 heavy (non-hydrogen) atoms. The molecule has 0 amide bonds. The molecule has 1 atom stereocenters. The predicted octanol–water partition coefficient (Wildman–Crippen LogP) is 5.83. The molecule has 1 aliphatic rings. The molecule has 3 aromatic rings. The molecule has 0 radical (unpaired) electrons. The summed E-state index contributed by atoms with van der Waals surface area (Å²) in [5.41, 5.74) is 2.21. The van der Waals surface area contributed by atoms with Crippen LogP contribution in [0.2, 0.25) is 0 Å². The third kappa shape index (κ3) is 4.85. The van der Waals surface area contributed by atoms with Gasteiger partial charge in [-0.25, -0.2) is 4.39 Å². The second-order valence-electron chi connectivity index (χ2n) is 7.74. The van der Waals surface area contributed by atoms with E-state index < -0.39 is 0 Å². The van der Waals surface area contributed by atoms with Crippen molar-refractivity contribution in [2.75, 3.05) is 25.7 Å². The summed E-state index contributed by atoms with van der Waals surface area (Å²) in [6.07, 6.45) is 2.41. The van der Waals surface area contributed by atoms with Crippen LogP contribution < -0.4 is 14.4 Å². The van der Waals surface area contributed by atoms with E-state index in [4.69, 9.17) is 14.2 Å². The summed E-state index contributed by atoms with van der Waals surface area (Å²) in [5.74, 6) is 1.38. The van der Waals surface area contributed by atoms with Crippen molar-refractivity contribution in [3.05, 3.63) is 72.5 Å². The van der Waals surface area contributed by atoms with E-state index in [0.717, 1.165) is 25.1 Å². The van der Waals surface area contributed by atoms with Gasteiger partial charge in [-0.3, -0.25) is 4.79 Å². The number of carbonyl (C=O) groups is 1. The van der Waals surface area contributed by atoms with Crippen molar-refractivity contribution >= 4 is 11.7 Å². The number of hydrogen-bond donors (Lipinski definition) is 0. The van der Waals surface area contributed by atoms with Crippen molar-refractivity contribution in [3.8, 4) is 28.4 Å². The molecule has 4 rings (SSSR count). The normalized spacial score (nSPS) is 15.5. The van der Waals surface area contributed by atoms with E-state index in [0.29, 0.717) is 34.8 Å². The topological polar surface area (TPSA) is 48.0 Å². The van der Waals surface area contributed by atoms with Crippen LogP contribution in [0.1, 0.15) is 19.3 Å². The molecular formula is C26H26FNO4. The van der Waals surface area contributed by atoms with Crippen LogP contribution in [-0.2, 0) is 9.53 Å². The zero-order chi connectivity index (χ0) is 22.5. The number of esters is 1. The Labute approximate surface area is 187 Å². The van der Waals surface area contributed by atoms with Gasteiger partial charge in [0.2, 0.25) is 0 Å². The Morgan fingerprint density at radius 1 is 1.00 bits per heavy atom. The minimum absolute atomic E-state index is 0.156. The quantitative estimate of drug-likeness (QED) is 0.437. The average molecular weight is 435 g/mol. The summed E-state index contributed by atoms with van der Waals surface area (Å²) in [4.78, 5) is 13.9. The average Bonchev–Trinajstić information content (AvgIpc) is 3.28. The number of halogens is 1. The second kappa shape index (κ2) is 9.73. The molecule has 0 spiro atoms. The molecule has 0 aromatic heterocycles. The summed E-state index contributed by atoms with van der Waals surface area (Å²) in [7, 11) is 2.98. The number of methoxy groups -OCH3 is 2. The first-order valence-electron chi connectivity index (χ1n) is 10.6. The molecule has 3 aromatic carbocycles. The molecule has 0 aliphatic carbocycles. The van der Waals surface area contributed by atoms with E-state index in [9.17, 15) is 9.18 Å². The van der Waals surface area contributed by atoms with E-state index in [1.165, 1.54) is 13.2 Å². The molecule has 0 saturated carbocycles. The molecule has 0 bridgehead atoms. The molecule has 0 N–H and O–H groups in total. The Bertz CT molecular complexity index is 1080. The van der Waals surface area contributed by atoms with Gasteiger partial charge in [0, 0.05) is 23.8 Å². The molecular weight excluding hydrogens is 409 g/mol. The molecule has 166 valence electrons. The Balaban J connectivity index is 1.49. The van der Waals surface area contributed by atoms with Crippen molar-refractivity contribution in [3.63, 3.8) is 0 Å². The lowest BCUT2D eigenvalue weighted by Crippen LogP contribution is -2.31. The van der Waals surface area contributed by atoms with E-state index in [1.807, 2.05) is 42.5 Å². The number of rotatable bonds is 7. The van der Waals surface area contributed by atoms with Gasteiger partial charge in [0.05, 0.1) is 20.6 Å². The molecule has 1 saturated heterocycles. The van der Waals surface area contributed by atoms with Gasteiger partial charge >= 0.3 is 5.97 Å². The first-order chi connectivity index (χ1) is 15.6. The fraction of sp³-hybridized carbons (Fsp3) is 0.269. The molecule has 1 heterocycles. The van der Waals surface area contributed by atoms with E-state index in [2.05, 4.69) is 4.90 Å². The van der Waals surface area contributed by atoms with Crippen LogP contribution in [0.3, 0.4) is 0 Å². The first kappa shape index (κ1) is 21.7. The van der Waals surface area contributed by atoms with Gasteiger partial charge in [-0.2, -0.15) is 0 Å². The van der Waals surface area contributed by atoms with Crippen LogP contribution >= 0.6 is 0 Å². The maximum absolute atomic E-state index is 14.3. The van der Waals surface area contributed by atoms with Crippen molar-refractivity contribution in [2.45, 2.75) is 25.3 Å². The van der Waals surface area contributed by atoms with Crippen LogP contribution in [0.5, 0.6) is 17.2 Å². The highest BCUT2D eigenvalue weighted by Gasteiger charge is 2.27. The predicted molar refractivity (Wildman–Crippen MR) is 122 cm³/mol. The number of anilines is 1. The summed E-state index contributed by atoms with van der Waals surface area (Å²) >= 11 is 0. The van der Waals surface area contributed by atoms with Gasteiger partial charge in [0.1, 0.15) is 23.1 Å². The summed E-state index contributed by atoms with van der Waals surface area (Å²) in [5, 5.41) is 0. The highest BCUT2D eigenvalue weighted by atomic mass is 19.1. The smallest absolute Gasteiger partial charge is 0.307 e. The number of carbonyl (C=O) groups excluding carboxylic acids is 1. The first-order valence-corrected chi connectivity index (χ1v) is 10.6. The Morgan fingerprint density at radius 3 is 2.53 bits per heavy atom. The maximum Gasteiger partial charge on any atom is 0.307 e. The zero-order valence-electron chi connectivity index (χ0n) is 18.2. The maximum atomic E-state index is 14.3. The molecule has 1 fully saturated rings. The number of hydrogen-bond acceptors (Lipinski definition) is 5. The van der Waals surface area contributed by atoms with E-state index in [-0.39, 0.29) is 17.8 Å². The monoisotopic (exact) mass is 435 g/mol. The fourth-order valence-electron chi connectivity index (χ4n) is 4.08. The van der Waals surface area contributed by atoms with Crippen LogP contribution in [0.4, 0.5) is 10.1 Å². The lowest BCUT2D eigenvalue weighted by atomic mass is 10.0. The largest absolute Gasteiger partial charge is 0.497 e. The Morgan fingerprint density at radius 2 is 1.78 bits per heavy atom. The van der Waals surface area contributed by atoms with Crippen LogP contribution in [0, 0.1) is 5.82 Å². The number of benzene rings is 3. The van der Waals surface area contributed by atoms with Crippen LogP contribution in [-0.4, -0.2) is 32.8 Å². The van der Waals surface area contributed by atoms with Gasteiger partial charge in [0.25, 0.3) is 0 Å². The highest BCUT2D eigenvalue weighted by molar-refractivity contribution is 5.71. The van der Waals surface area contributed by atoms with Gasteiger partial charge in [-0.05, 0) is 73.0 Å². The van der Waals surface area contributed by atoms with Gasteiger partial charge in [-0.1, -0.05) is 12.1 Å². The summed E-state index contributed by atoms with van der Waals surface area (Å²) < 4.78 is 30.4. The molecule has 0 unspecified atom stereocenters. The minimum Gasteiger partial charge on any atom is -0.497 e. The molecule has 1 aliphatic heterocycles. The van der Waals surface area contributed by atoms with Gasteiger partial charge in [0.15, 0.2) is 0 Å². The number of ether oxygens (including phenoxy) is 3. The lowest BCUT2D eigenvalue weighted by Gasteiger charge is -2.26. The summed E-state index contributed by atoms with van der Waals surface area (Å²) in [6, 6.07) is 19.9. The highest BCUT2D eigenvalue weighted by Crippen LogP contribution is 2.33. The fourth-order valence-corrected chi connectivity index (χ4v) is 4.08. The SMILES string of the molecule is COC(=O)C[C@@H]1CCCN1c1ccc(Oc2cccc(-c3cc(OC)ccc3F)c2)cc1. The lowest BCUT2D eigenvalue weighted by molar-refractivity contribution is -0.140. The van der Waals surface area contributed by atoms with Crippen molar-refractivity contribution in [1.29, 1.82) is 0 Å². The zero-order valence-corrected chi connectivity index (χ0v) is 18.2. The van der Waals surface area contributed by atoms with Crippen LogP contribution in [0.25, 0.3) is 11.1 Å². The van der Waals surface area contributed by atoms with Crippen molar-refractivity contribution < 1.29 is 23.4 Å². The minimum atomic E-state index is -0.320. The Hall–Kier alpha value is -3.54. The van der Waals surface area contributed by atoms with Gasteiger partial charge < -0.3 is 19.1 Å². The molecule has 5 nitrogen and oxygen atoms in total. The summed E-state index contributed by atoms with van der Waals surface area (Å²) in [6.45, 7) is 0.913. The van der Waals surface area contributed by atoms with E-state index in [1.54, 1.807) is 25.3 Å². The standard InChI is InChI=1S/C26H26FNO4/c1-30-22-12-13-25(27)24(17-22)18-5-3-7-23(15-18)32-21-10-8-19(9-11-21)28-14-4-6-20(28)16-26(29)31-2/h3,5,7-13,15,17,20H,4,6,14,16H2,1-2H3/t20-/m0/s1. The third-order valence-corrected chi connectivity index (χ3v) is 5.73. The Kier molecular flexibility index (Phi) is 6.59.